The van der Waals surface area contributed by atoms with Crippen molar-refractivity contribution < 1.29 is 14.3 Å². The lowest BCUT2D eigenvalue weighted by Gasteiger charge is -2.00. The molecule has 0 radical (unpaired) electrons. The molecule has 2 aromatic rings. The van der Waals surface area contributed by atoms with Crippen molar-refractivity contribution in [2.45, 2.75) is 0 Å². The van der Waals surface area contributed by atoms with Crippen LogP contribution in [0.1, 0.15) is 10.6 Å². The molecule has 2 rings (SSSR count). The molecule has 1 aromatic heterocycles. The molecule has 5 heteroatoms. The molecule has 4 nitrogen and oxygen atoms in total. The molecular formula is C10H5ClO4. The normalized spacial score (nSPS) is 10.5. The monoisotopic (exact) mass is 224 g/mol. The van der Waals surface area contributed by atoms with Gasteiger partial charge in [-0.2, -0.15) is 0 Å². The summed E-state index contributed by atoms with van der Waals surface area (Å²) in [5.74, 6) is -0.422. The summed E-state index contributed by atoms with van der Waals surface area (Å²) in [4.78, 5) is 22.3. The minimum Gasteiger partial charge on any atom is -0.507 e. The first-order chi connectivity index (χ1) is 7.09. The lowest BCUT2D eigenvalue weighted by molar-refractivity contribution is 0.105. The molecule has 1 aromatic carbocycles. The highest BCUT2D eigenvalue weighted by atomic mass is 35.5. The standard InChI is InChI=1S/C10H5ClO4/c11-10(14)8-4-6(13)9-5(12)2-1-3-7(9)15-8/h1-4,12H. The average molecular weight is 225 g/mol. The Balaban J connectivity index is 2.91. The molecule has 0 aliphatic rings. The van der Waals surface area contributed by atoms with Crippen molar-refractivity contribution >= 4 is 27.8 Å². The number of carbonyl (C=O) groups excluding carboxylic acids is 1. The smallest absolute Gasteiger partial charge is 0.287 e. The summed E-state index contributed by atoms with van der Waals surface area (Å²) in [5, 5.41) is 8.59. The van der Waals surface area contributed by atoms with Crippen LogP contribution in [0.3, 0.4) is 0 Å². The van der Waals surface area contributed by atoms with Crippen LogP contribution in [-0.2, 0) is 0 Å². The number of aromatic hydroxyl groups is 1. The lowest BCUT2D eigenvalue weighted by atomic mass is 10.2. The molecule has 0 unspecified atom stereocenters. The van der Waals surface area contributed by atoms with E-state index in [1.165, 1.54) is 18.2 Å². The Hall–Kier alpha value is -1.81. The van der Waals surface area contributed by atoms with Crippen molar-refractivity contribution in [3.05, 3.63) is 40.2 Å². The summed E-state index contributed by atoms with van der Waals surface area (Å²) < 4.78 is 5.04. The second-order valence-corrected chi connectivity index (χ2v) is 3.24. The number of rotatable bonds is 1. The zero-order valence-electron chi connectivity index (χ0n) is 7.36. The molecule has 76 valence electrons. The molecule has 0 amide bonds. The maximum atomic E-state index is 11.5. The van der Waals surface area contributed by atoms with E-state index in [0.29, 0.717) is 0 Å². The Morgan fingerprint density at radius 1 is 1.40 bits per heavy atom. The minimum absolute atomic E-state index is 0.0409. The summed E-state index contributed by atoms with van der Waals surface area (Å²) in [5.41, 5.74) is -0.371. The van der Waals surface area contributed by atoms with E-state index in [0.717, 1.165) is 6.07 Å². The van der Waals surface area contributed by atoms with Crippen molar-refractivity contribution in [3.63, 3.8) is 0 Å². The van der Waals surface area contributed by atoms with Gasteiger partial charge in [-0.05, 0) is 23.7 Å². The Bertz CT molecular complexity index is 600. The van der Waals surface area contributed by atoms with Gasteiger partial charge in [0.05, 0.1) is 0 Å². The fourth-order valence-electron chi connectivity index (χ4n) is 1.29. The first-order valence-corrected chi connectivity index (χ1v) is 4.43. The molecular weight excluding hydrogens is 220 g/mol. The second-order valence-electron chi connectivity index (χ2n) is 2.90. The van der Waals surface area contributed by atoms with Crippen LogP contribution in [0, 0.1) is 0 Å². The molecule has 15 heavy (non-hydrogen) atoms. The predicted octanol–water partition coefficient (Wildman–Crippen LogP) is 1.88. The van der Waals surface area contributed by atoms with E-state index in [-0.39, 0.29) is 22.5 Å². The zero-order valence-corrected chi connectivity index (χ0v) is 8.12. The first-order valence-electron chi connectivity index (χ1n) is 4.05. The summed E-state index contributed by atoms with van der Waals surface area (Å²) >= 11 is 5.18. The number of carbonyl (C=O) groups is 1. The summed E-state index contributed by atoms with van der Waals surface area (Å²) in [6.45, 7) is 0. The fraction of sp³-hybridized carbons (Fsp3) is 0. The molecule has 0 atom stereocenters. The van der Waals surface area contributed by atoms with Gasteiger partial charge in [0.1, 0.15) is 16.7 Å². The molecule has 0 aliphatic heterocycles. The van der Waals surface area contributed by atoms with Crippen LogP contribution in [0.4, 0.5) is 0 Å². The van der Waals surface area contributed by atoms with Crippen molar-refractivity contribution in [1.29, 1.82) is 0 Å². The molecule has 0 spiro atoms. The van der Waals surface area contributed by atoms with E-state index in [1.807, 2.05) is 0 Å². The minimum atomic E-state index is -0.850. The average Bonchev–Trinajstić information content (AvgIpc) is 2.17. The van der Waals surface area contributed by atoms with E-state index in [1.54, 1.807) is 0 Å². The molecule has 0 saturated heterocycles. The van der Waals surface area contributed by atoms with Gasteiger partial charge < -0.3 is 9.52 Å². The number of benzene rings is 1. The highest BCUT2D eigenvalue weighted by molar-refractivity contribution is 6.67. The summed E-state index contributed by atoms with van der Waals surface area (Å²) in [6, 6.07) is 5.29. The Kier molecular flexibility index (Phi) is 2.21. The van der Waals surface area contributed by atoms with Crippen LogP contribution in [0.25, 0.3) is 11.0 Å². The zero-order chi connectivity index (χ0) is 11.0. The lowest BCUT2D eigenvalue weighted by Crippen LogP contribution is -2.03. The molecule has 0 bridgehead atoms. The SMILES string of the molecule is O=C(Cl)c1cc(=O)c2c(O)cccc2o1. The van der Waals surface area contributed by atoms with Crippen LogP contribution in [0.15, 0.2) is 33.5 Å². The molecule has 0 saturated carbocycles. The molecule has 0 aliphatic carbocycles. The van der Waals surface area contributed by atoms with E-state index < -0.39 is 10.7 Å². The number of fused-ring (bicyclic) bond motifs is 1. The predicted molar refractivity (Wildman–Crippen MR) is 54.3 cm³/mol. The van der Waals surface area contributed by atoms with Gasteiger partial charge in [-0.3, -0.25) is 9.59 Å². The van der Waals surface area contributed by atoms with Crippen LogP contribution in [0.2, 0.25) is 0 Å². The third kappa shape index (κ3) is 1.59. The van der Waals surface area contributed by atoms with Gasteiger partial charge in [0.15, 0.2) is 11.2 Å². The van der Waals surface area contributed by atoms with Gasteiger partial charge in [-0.25, -0.2) is 0 Å². The van der Waals surface area contributed by atoms with Gasteiger partial charge in [0, 0.05) is 6.07 Å². The van der Waals surface area contributed by atoms with E-state index in [9.17, 15) is 14.7 Å². The first kappa shape index (κ1) is 9.73. The second kappa shape index (κ2) is 3.40. The summed E-state index contributed by atoms with van der Waals surface area (Å²) in [6.07, 6.45) is 0. The van der Waals surface area contributed by atoms with E-state index >= 15 is 0 Å². The van der Waals surface area contributed by atoms with Crippen molar-refractivity contribution in [3.8, 4) is 5.75 Å². The summed E-state index contributed by atoms with van der Waals surface area (Å²) in [7, 11) is 0. The van der Waals surface area contributed by atoms with Crippen LogP contribution in [-0.4, -0.2) is 10.3 Å². The van der Waals surface area contributed by atoms with Gasteiger partial charge in [0.25, 0.3) is 5.24 Å². The number of hydrogen-bond acceptors (Lipinski definition) is 4. The third-order valence-corrected chi connectivity index (χ3v) is 2.11. The molecule has 1 heterocycles. The highest BCUT2D eigenvalue weighted by Gasteiger charge is 2.11. The number of halogens is 1. The molecule has 0 fully saturated rings. The maximum Gasteiger partial charge on any atom is 0.287 e. The van der Waals surface area contributed by atoms with Crippen LogP contribution in [0.5, 0.6) is 5.75 Å². The van der Waals surface area contributed by atoms with Crippen LogP contribution >= 0.6 is 11.6 Å². The molecule has 1 N–H and O–H groups in total. The number of phenols is 1. The topological polar surface area (TPSA) is 67.5 Å². The Morgan fingerprint density at radius 2 is 2.13 bits per heavy atom. The van der Waals surface area contributed by atoms with E-state index in [4.69, 9.17) is 16.0 Å². The number of hydrogen-bond donors (Lipinski definition) is 1. The Morgan fingerprint density at radius 3 is 2.80 bits per heavy atom. The highest BCUT2D eigenvalue weighted by Crippen LogP contribution is 2.21. The quantitative estimate of drug-likeness (QED) is 0.751. The van der Waals surface area contributed by atoms with Gasteiger partial charge in [0.2, 0.25) is 0 Å². The maximum absolute atomic E-state index is 11.5. The number of phenolic OH excluding ortho intramolecular Hbond substituents is 1. The van der Waals surface area contributed by atoms with Gasteiger partial charge >= 0.3 is 0 Å². The fourth-order valence-corrected chi connectivity index (χ4v) is 1.38. The Labute approximate surface area is 88.7 Å². The van der Waals surface area contributed by atoms with Crippen LogP contribution < -0.4 is 5.43 Å². The largest absolute Gasteiger partial charge is 0.507 e. The van der Waals surface area contributed by atoms with E-state index in [2.05, 4.69) is 0 Å². The third-order valence-electron chi connectivity index (χ3n) is 1.93. The van der Waals surface area contributed by atoms with Gasteiger partial charge in [-0.15, -0.1) is 0 Å². The van der Waals surface area contributed by atoms with Gasteiger partial charge in [-0.1, -0.05) is 6.07 Å². The van der Waals surface area contributed by atoms with Crippen molar-refractivity contribution in [2.24, 2.45) is 0 Å². The van der Waals surface area contributed by atoms with Crippen molar-refractivity contribution in [1.82, 2.24) is 0 Å². The van der Waals surface area contributed by atoms with Crippen molar-refractivity contribution in [2.75, 3.05) is 0 Å².